The average Bonchev–Trinajstić information content (AvgIpc) is 2.74. The lowest BCUT2D eigenvalue weighted by Crippen LogP contribution is -2.29. The molecule has 11 heteroatoms. The Hall–Kier alpha value is -1.05. The highest BCUT2D eigenvalue weighted by atomic mass is 79.9. The number of rotatable bonds is 5. The summed E-state index contributed by atoms with van der Waals surface area (Å²) in [6.45, 7) is 8.83. The van der Waals surface area contributed by atoms with Crippen molar-refractivity contribution in [3.63, 3.8) is 0 Å². The molecule has 0 unspecified atom stereocenters. The van der Waals surface area contributed by atoms with Gasteiger partial charge in [0.15, 0.2) is 0 Å². The maximum Gasteiger partial charge on any atom is 0.488 e. The van der Waals surface area contributed by atoms with E-state index < -0.39 is 7.12 Å². The van der Waals surface area contributed by atoms with Crippen molar-refractivity contribution in [3.8, 4) is 5.75 Å². The van der Waals surface area contributed by atoms with Crippen LogP contribution in [0.3, 0.4) is 0 Å². The minimum Gasteiger partial charge on any atom is -0.491 e. The van der Waals surface area contributed by atoms with Gasteiger partial charge < -0.3 is 34.8 Å². The van der Waals surface area contributed by atoms with Crippen molar-refractivity contribution in [2.24, 2.45) is 0 Å². The van der Waals surface area contributed by atoms with Gasteiger partial charge in [0.05, 0.1) is 6.61 Å². The molecule has 0 fully saturated rings. The average molecular weight is 585 g/mol. The molecule has 1 aromatic heterocycles. The number of aliphatic hydroxyl groups is 3. The Morgan fingerprint density at radius 2 is 1.38 bits per heavy atom. The van der Waals surface area contributed by atoms with Gasteiger partial charge in [-0.2, -0.15) is 0 Å². The number of pyridine rings is 1. The Labute approximate surface area is 208 Å². The first-order valence-corrected chi connectivity index (χ1v) is 11.4. The van der Waals surface area contributed by atoms with Crippen LogP contribution >= 0.6 is 31.9 Å². The Balaban J connectivity index is -0.000000399. The Bertz CT molecular complexity index is 646. The first-order valence-electron chi connectivity index (χ1n) is 9.86. The van der Waals surface area contributed by atoms with Gasteiger partial charge in [-0.15, -0.1) is 0 Å². The van der Waals surface area contributed by atoms with Crippen molar-refractivity contribution in [2.45, 2.75) is 27.7 Å². The Kier molecular flexibility index (Phi) is 29.1. The summed E-state index contributed by atoms with van der Waals surface area (Å²) in [5, 5.41) is 40.4. The largest absolute Gasteiger partial charge is 0.491 e. The van der Waals surface area contributed by atoms with Crippen molar-refractivity contribution >= 4 is 44.4 Å². The molecule has 2 rings (SSSR count). The van der Waals surface area contributed by atoms with Crippen LogP contribution in [0.2, 0.25) is 0 Å². The summed E-state index contributed by atoms with van der Waals surface area (Å²) >= 11 is 6.61. The minimum absolute atomic E-state index is 0.250. The van der Waals surface area contributed by atoms with Gasteiger partial charge in [0, 0.05) is 37.6 Å². The molecule has 1 heterocycles. The molecule has 0 saturated heterocycles. The number of benzene rings is 1. The predicted molar refractivity (Wildman–Crippen MR) is 136 cm³/mol. The standard InChI is InChI=1S/C9H13BO4.C6H5Br2N.3C2H6O/c1-13-6-7-14-9-4-2-8(3-5-9)10(11)12;1-4-2-6(8)9-3-5(4)7;3*1-2-3/h2-5,11-12H,6-7H2,1H3;2-3H,1H3;3*3H,2H2,1H3. The Morgan fingerprint density at radius 1 is 0.906 bits per heavy atom. The third kappa shape index (κ3) is 23.6. The van der Waals surface area contributed by atoms with E-state index in [0.29, 0.717) is 24.4 Å². The molecule has 8 nitrogen and oxygen atoms in total. The maximum absolute atomic E-state index is 8.82. The molecule has 0 aliphatic carbocycles. The van der Waals surface area contributed by atoms with E-state index in [0.717, 1.165) is 9.08 Å². The second-order valence-electron chi connectivity index (χ2n) is 5.49. The van der Waals surface area contributed by atoms with Crippen LogP contribution in [0.1, 0.15) is 26.3 Å². The van der Waals surface area contributed by atoms with Crippen LogP contribution in [-0.2, 0) is 4.74 Å². The van der Waals surface area contributed by atoms with Gasteiger partial charge in [0.25, 0.3) is 0 Å². The molecule has 0 bridgehead atoms. The van der Waals surface area contributed by atoms with Crippen molar-refractivity contribution in [1.29, 1.82) is 0 Å². The van der Waals surface area contributed by atoms with Crippen LogP contribution in [0.4, 0.5) is 0 Å². The number of ether oxygens (including phenoxy) is 2. The van der Waals surface area contributed by atoms with Crippen LogP contribution in [0, 0.1) is 6.92 Å². The van der Waals surface area contributed by atoms with Gasteiger partial charge in [-0.05, 0) is 88.8 Å². The minimum atomic E-state index is -1.43. The number of aliphatic hydroxyl groups excluding tert-OH is 3. The van der Waals surface area contributed by atoms with Gasteiger partial charge in [-0.25, -0.2) is 4.98 Å². The molecule has 5 N–H and O–H groups in total. The van der Waals surface area contributed by atoms with E-state index in [9.17, 15) is 0 Å². The summed E-state index contributed by atoms with van der Waals surface area (Å²) in [4.78, 5) is 4.01. The number of methoxy groups -OCH3 is 1. The van der Waals surface area contributed by atoms with E-state index in [1.165, 1.54) is 5.56 Å². The summed E-state index contributed by atoms with van der Waals surface area (Å²) in [6.07, 6.45) is 1.78. The van der Waals surface area contributed by atoms with Crippen LogP contribution in [0.25, 0.3) is 0 Å². The lowest BCUT2D eigenvalue weighted by Gasteiger charge is -2.05. The highest BCUT2D eigenvalue weighted by molar-refractivity contribution is 9.11. The third-order valence-corrected chi connectivity index (χ3v) is 4.01. The lowest BCUT2D eigenvalue weighted by atomic mass is 9.80. The third-order valence-electron chi connectivity index (χ3n) is 2.75. The summed E-state index contributed by atoms with van der Waals surface area (Å²) < 4.78 is 12.0. The van der Waals surface area contributed by atoms with E-state index >= 15 is 0 Å². The zero-order valence-corrected chi connectivity index (χ0v) is 22.5. The number of nitrogens with zero attached hydrogens (tertiary/aromatic N) is 1. The molecule has 2 aromatic rings. The summed E-state index contributed by atoms with van der Waals surface area (Å²) in [5.41, 5.74) is 1.64. The summed E-state index contributed by atoms with van der Waals surface area (Å²) in [5.74, 6) is 0.687. The number of aryl methyl sites for hydroxylation is 1. The van der Waals surface area contributed by atoms with Crippen molar-refractivity contribution in [2.75, 3.05) is 40.1 Å². The summed E-state index contributed by atoms with van der Waals surface area (Å²) in [6, 6.07) is 8.54. The highest BCUT2D eigenvalue weighted by Gasteiger charge is 2.09. The van der Waals surface area contributed by atoms with Crippen molar-refractivity contribution < 1.29 is 34.8 Å². The summed E-state index contributed by atoms with van der Waals surface area (Å²) in [7, 11) is 0.178. The van der Waals surface area contributed by atoms with Crippen molar-refractivity contribution in [1.82, 2.24) is 4.98 Å². The quantitative estimate of drug-likeness (QED) is 0.205. The fourth-order valence-electron chi connectivity index (χ4n) is 1.48. The molecule has 0 aliphatic rings. The van der Waals surface area contributed by atoms with Crippen LogP contribution in [0.15, 0.2) is 45.6 Å². The monoisotopic (exact) mass is 583 g/mol. The molecule has 0 saturated carbocycles. The Morgan fingerprint density at radius 3 is 1.72 bits per heavy atom. The van der Waals surface area contributed by atoms with Crippen LogP contribution < -0.4 is 10.2 Å². The van der Waals surface area contributed by atoms with Gasteiger partial charge in [0.1, 0.15) is 17.0 Å². The zero-order valence-electron chi connectivity index (χ0n) is 19.3. The van der Waals surface area contributed by atoms with E-state index in [1.807, 2.05) is 13.0 Å². The van der Waals surface area contributed by atoms with Crippen molar-refractivity contribution in [3.05, 3.63) is 51.2 Å². The van der Waals surface area contributed by atoms with Crippen LogP contribution in [-0.4, -0.2) is 77.6 Å². The van der Waals surface area contributed by atoms with Gasteiger partial charge >= 0.3 is 7.12 Å². The second-order valence-corrected chi connectivity index (χ2v) is 7.16. The first kappa shape index (κ1) is 35.5. The number of hydrogen-bond donors (Lipinski definition) is 5. The van der Waals surface area contributed by atoms with Crippen LogP contribution in [0.5, 0.6) is 5.75 Å². The fourth-order valence-corrected chi connectivity index (χ4v) is 2.15. The molecule has 0 amide bonds. The van der Waals surface area contributed by atoms with Gasteiger partial charge in [0.2, 0.25) is 0 Å². The highest BCUT2D eigenvalue weighted by Crippen LogP contribution is 2.17. The first-order chi connectivity index (χ1) is 15.2. The molecule has 32 heavy (non-hydrogen) atoms. The molecule has 1 aromatic carbocycles. The molecule has 0 spiro atoms. The molecule has 0 atom stereocenters. The number of halogens is 2. The van der Waals surface area contributed by atoms with E-state index in [1.54, 1.807) is 58.3 Å². The topological polar surface area (TPSA) is 132 Å². The zero-order chi connectivity index (χ0) is 25.4. The second kappa shape index (κ2) is 26.2. The molecule has 184 valence electrons. The predicted octanol–water partition coefficient (Wildman–Crippen LogP) is 2.30. The number of hydrogen-bond acceptors (Lipinski definition) is 8. The molecular formula is C21H36BBr2NO7. The molecule has 0 aliphatic heterocycles. The van der Waals surface area contributed by atoms with E-state index in [-0.39, 0.29) is 19.8 Å². The SMILES string of the molecule is CCO.CCO.CCO.COCCOc1ccc(B(O)O)cc1.Cc1cc(Br)ncc1Br. The lowest BCUT2D eigenvalue weighted by molar-refractivity contribution is 0.146. The number of aromatic nitrogens is 1. The fraction of sp³-hybridized carbons (Fsp3) is 0.476. The normalized spacial score (nSPS) is 8.75. The smallest absolute Gasteiger partial charge is 0.488 e. The van der Waals surface area contributed by atoms with Gasteiger partial charge in [-0.3, -0.25) is 0 Å². The molecule has 0 radical (unpaired) electrons. The maximum atomic E-state index is 8.82. The van der Waals surface area contributed by atoms with E-state index in [4.69, 9.17) is 34.8 Å². The van der Waals surface area contributed by atoms with E-state index in [2.05, 4.69) is 36.8 Å². The molecular weight excluding hydrogens is 549 g/mol. The van der Waals surface area contributed by atoms with Gasteiger partial charge in [-0.1, -0.05) is 12.1 Å².